The molecule has 390 valence electrons. The fourth-order valence-electron chi connectivity index (χ4n) is 10.3. The van der Waals surface area contributed by atoms with Gasteiger partial charge < -0.3 is 28.4 Å². The summed E-state index contributed by atoms with van der Waals surface area (Å²) in [5.74, 6) is 1.85. The summed E-state index contributed by atoms with van der Waals surface area (Å²) in [4.78, 5) is 0. The summed E-state index contributed by atoms with van der Waals surface area (Å²) in [5.41, 5.74) is 13.5. The van der Waals surface area contributed by atoms with E-state index in [1.807, 2.05) is 0 Å². The molecule has 6 heteroatoms. The van der Waals surface area contributed by atoms with E-state index in [0.717, 1.165) is 112 Å². The summed E-state index contributed by atoms with van der Waals surface area (Å²) in [6, 6.07) is 34.8. The molecule has 4 aromatic carbocycles. The Bertz CT molecular complexity index is 2250. The lowest BCUT2D eigenvalue weighted by Gasteiger charge is -2.23. The molecular weight excluding hydrogens is 901 g/mol. The van der Waals surface area contributed by atoms with Crippen LogP contribution in [-0.4, -0.2) is 52.2 Å². The number of hydrogen-bond donors (Lipinski definition) is 0. The number of allylic oxidation sites excluding steroid dienone is 10. The molecule has 3 aliphatic rings. The topological polar surface area (TPSA) is 55.4 Å². The number of unbranched alkanes of at least 4 members (excludes halogenated alkanes) is 10. The zero-order valence-electron chi connectivity index (χ0n) is 45.0. The van der Waals surface area contributed by atoms with Crippen LogP contribution < -0.4 is 9.47 Å². The zero-order valence-corrected chi connectivity index (χ0v) is 45.0. The smallest absolute Gasteiger partial charge is 0.157 e. The first-order chi connectivity index (χ1) is 35.7. The Balaban J connectivity index is 0.841. The lowest BCUT2D eigenvalue weighted by atomic mass is 9.80. The first kappa shape index (κ1) is 55.5. The van der Waals surface area contributed by atoms with Gasteiger partial charge in [-0.3, -0.25) is 0 Å². The van der Waals surface area contributed by atoms with Crippen molar-refractivity contribution in [2.75, 3.05) is 39.6 Å². The largest absolute Gasteiger partial charge is 0.494 e. The summed E-state index contributed by atoms with van der Waals surface area (Å²) in [6.07, 6.45) is 30.1. The van der Waals surface area contributed by atoms with Crippen LogP contribution >= 0.6 is 0 Å². The SMILES string of the molecule is C=C1C(=C)/C(=C\C(=C/C)c2ccc(-c3ccc(OCCCCCCCCOC4CCCCO4)cc3)cc2)C(C)(C)/C1=C/C(=C\C)c1ccc(-c2ccc(OCCCCCCCCOC3CCCCO3)cc2)cc1. The van der Waals surface area contributed by atoms with Gasteiger partial charge in [0, 0.05) is 31.8 Å². The third-order valence-electron chi connectivity index (χ3n) is 14.9. The van der Waals surface area contributed by atoms with Crippen molar-refractivity contribution < 1.29 is 28.4 Å². The Hall–Kier alpha value is -5.24. The molecule has 1 saturated carbocycles. The van der Waals surface area contributed by atoms with Crippen LogP contribution in [0.1, 0.15) is 154 Å². The standard InChI is InChI=1S/C67H86O6/c1-7-53(55-27-31-57(32-28-55)59-35-39-61(40-36-59)68-43-19-13-9-11-15-21-45-70-65-25-17-23-47-72-65)49-63-51(3)52(4)64(67(63,5)6)50-54(8-2)56-29-33-58(34-30-56)60-37-41-62(42-38-60)69-44-20-14-10-12-16-22-46-71-66-26-18-24-48-73-66/h7-8,27-42,49-50,65-66H,3-4,9-26,43-48H2,1-2,5-6H3/b53-7+,54-8+,63-49+,64-50+. The second-order valence-electron chi connectivity index (χ2n) is 20.7. The monoisotopic (exact) mass is 987 g/mol. The van der Waals surface area contributed by atoms with Gasteiger partial charge in [0.2, 0.25) is 0 Å². The number of hydrogen-bond acceptors (Lipinski definition) is 6. The molecule has 6 nitrogen and oxygen atoms in total. The second-order valence-corrected chi connectivity index (χ2v) is 20.7. The molecule has 0 aromatic heterocycles. The maximum absolute atomic E-state index is 6.11. The third-order valence-corrected chi connectivity index (χ3v) is 14.9. The van der Waals surface area contributed by atoms with Crippen LogP contribution in [0.2, 0.25) is 0 Å². The van der Waals surface area contributed by atoms with Crippen LogP contribution in [-0.2, 0) is 18.9 Å². The van der Waals surface area contributed by atoms with Gasteiger partial charge >= 0.3 is 0 Å². The molecule has 1 aliphatic carbocycles. The first-order valence-electron chi connectivity index (χ1n) is 28.0. The summed E-state index contributed by atoms with van der Waals surface area (Å²) in [6.45, 7) is 22.8. The summed E-state index contributed by atoms with van der Waals surface area (Å²) < 4.78 is 35.3. The van der Waals surface area contributed by atoms with Gasteiger partial charge in [-0.05, 0) is 169 Å². The van der Waals surface area contributed by atoms with Gasteiger partial charge in [0.05, 0.1) is 13.2 Å². The minimum atomic E-state index is -0.288. The summed E-state index contributed by atoms with van der Waals surface area (Å²) in [5, 5.41) is 0. The van der Waals surface area contributed by atoms with E-state index >= 15 is 0 Å². The molecule has 2 atom stereocenters. The molecule has 73 heavy (non-hydrogen) atoms. The van der Waals surface area contributed by atoms with Crippen molar-refractivity contribution in [1.82, 2.24) is 0 Å². The van der Waals surface area contributed by atoms with E-state index in [1.165, 1.54) is 122 Å². The molecular formula is C67H86O6. The van der Waals surface area contributed by atoms with Gasteiger partial charge in [-0.2, -0.15) is 0 Å². The highest BCUT2D eigenvalue weighted by Gasteiger charge is 2.39. The molecule has 0 bridgehead atoms. The average molecular weight is 987 g/mol. The predicted molar refractivity (Wildman–Crippen MR) is 305 cm³/mol. The number of benzene rings is 4. The molecule has 2 saturated heterocycles. The Kier molecular flexibility index (Phi) is 22.5. The first-order valence-corrected chi connectivity index (χ1v) is 28.0. The highest BCUT2D eigenvalue weighted by atomic mass is 16.7. The van der Waals surface area contributed by atoms with Crippen molar-refractivity contribution in [3.63, 3.8) is 0 Å². The van der Waals surface area contributed by atoms with E-state index in [2.05, 4.69) is 162 Å². The summed E-state index contributed by atoms with van der Waals surface area (Å²) >= 11 is 0. The molecule has 0 N–H and O–H groups in total. The van der Waals surface area contributed by atoms with Gasteiger partial charge in [-0.25, -0.2) is 0 Å². The van der Waals surface area contributed by atoms with Gasteiger partial charge in [-0.1, -0.05) is 175 Å². The average Bonchev–Trinajstić information content (AvgIpc) is 3.58. The van der Waals surface area contributed by atoms with E-state index in [9.17, 15) is 0 Å². The van der Waals surface area contributed by atoms with Gasteiger partial charge in [-0.15, -0.1) is 0 Å². The maximum Gasteiger partial charge on any atom is 0.157 e. The minimum Gasteiger partial charge on any atom is -0.494 e. The van der Waals surface area contributed by atoms with Crippen molar-refractivity contribution >= 4 is 11.1 Å². The third kappa shape index (κ3) is 16.9. The van der Waals surface area contributed by atoms with E-state index in [0.29, 0.717) is 0 Å². The molecule has 4 aromatic rings. The maximum atomic E-state index is 6.11. The van der Waals surface area contributed by atoms with Crippen LogP contribution in [0.25, 0.3) is 33.4 Å². The zero-order chi connectivity index (χ0) is 51.1. The van der Waals surface area contributed by atoms with E-state index in [4.69, 9.17) is 28.4 Å². The molecule has 2 unspecified atom stereocenters. The van der Waals surface area contributed by atoms with Gasteiger partial charge in [0.15, 0.2) is 12.6 Å². The molecule has 7 rings (SSSR count). The van der Waals surface area contributed by atoms with Crippen molar-refractivity contribution in [3.05, 3.63) is 168 Å². The number of ether oxygens (including phenoxy) is 6. The normalized spacial score (nSPS) is 19.5. The van der Waals surface area contributed by atoms with Crippen LogP contribution in [0.15, 0.2) is 157 Å². The van der Waals surface area contributed by atoms with Gasteiger partial charge in [0.1, 0.15) is 11.5 Å². The molecule has 2 heterocycles. The van der Waals surface area contributed by atoms with Crippen molar-refractivity contribution in [2.24, 2.45) is 5.41 Å². The molecule has 0 amide bonds. The van der Waals surface area contributed by atoms with Crippen molar-refractivity contribution in [1.29, 1.82) is 0 Å². The summed E-state index contributed by atoms with van der Waals surface area (Å²) in [7, 11) is 0. The van der Waals surface area contributed by atoms with Crippen LogP contribution in [0.5, 0.6) is 11.5 Å². The highest BCUT2D eigenvalue weighted by Crippen LogP contribution is 2.53. The van der Waals surface area contributed by atoms with Gasteiger partial charge in [0.25, 0.3) is 0 Å². The lowest BCUT2D eigenvalue weighted by Crippen LogP contribution is -2.22. The Morgan fingerprint density at radius 2 is 0.795 bits per heavy atom. The molecule has 3 fully saturated rings. The van der Waals surface area contributed by atoms with E-state index < -0.39 is 0 Å². The Labute approximate surface area is 440 Å². The molecule has 2 aliphatic heterocycles. The quantitative estimate of drug-likeness (QED) is 0.0529. The van der Waals surface area contributed by atoms with Crippen LogP contribution in [0, 0.1) is 5.41 Å². The van der Waals surface area contributed by atoms with E-state index in [1.54, 1.807) is 0 Å². The Morgan fingerprint density at radius 1 is 0.466 bits per heavy atom. The van der Waals surface area contributed by atoms with E-state index in [-0.39, 0.29) is 18.0 Å². The molecule has 0 spiro atoms. The predicted octanol–water partition coefficient (Wildman–Crippen LogP) is 18.1. The fraction of sp³-hybridized carbons (Fsp3) is 0.463. The fourth-order valence-corrected chi connectivity index (χ4v) is 10.3. The molecule has 0 radical (unpaired) electrons. The van der Waals surface area contributed by atoms with Crippen molar-refractivity contribution in [2.45, 2.75) is 156 Å². The number of rotatable bonds is 28. The Morgan fingerprint density at radius 3 is 1.12 bits per heavy atom. The van der Waals surface area contributed by atoms with Crippen LogP contribution in [0.3, 0.4) is 0 Å². The lowest BCUT2D eigenvalue weighted by molar-refractivity contribution is -0.163. The minimum absolute atomic E-state index is 0.0325. The van der Waals surface area contributed by atoms with Crippen molar-refractivity contribution in [3.8, 4) is 33.8 Å². The second kappa shape index (κ2) is 29.6. The highest BCUT2D eigenvalue weighted by molar-refractivity contribution is 5.84. The van der Waals surface area contributed by atoms with Crippen LogP contribution in [0.4, 0.5) is 0 Å².